The lowest BCUT2D eigenvalue weighted by Gasteiger charge is -2.24. The molecule has 0 heterocycles. The van der Waals surface area contributed by atoms with E-state index >= 15 is 0 Å². The highest BCUT2D eigenvalue weighted by Crippen LogP contribution is 2.17. The van der Waals surface area contributed by atoms with Crippen LogP contribution < -0.4 is 5.32 Å². The van der Waals surface area contributed by atoms with Gasteiger partial charge in [-0.1, -0.05) is 254 Å². The summed E-state index contributed by atoms with van der Waals surface area (Å²) in [6, 6.07) is -0.721. The van der Waals surface area contributed by atoms with E-state index in [1.807, 2.05) is 6.08 Å². The zero-order valence-electron chi connectivity index (χ0n) is 43.6. The Morgan fingerprint density at radius 2 is 0.773 bits per heavy atom. The van der Waals surface area contributed by atoms with Gasteiger partial charge >= 0.3 is 5.97 Å². The number of aliphatic hydroxyl groups is 2. The van der Waals surface area contributed by atoms with Gasteiger partial charge in [0.1, 0.15) is 6.10 Å². The minimum absolute atomic E-state index is 0.0433. The van der Waals surface area contributed by atoms with Gasteiger partial charge in [-0.15, -0.1) is 0 Å². The minimum Gasteiger partial charge on any atom is -0.462 e. The molecule has 0 saturated heterocycles. The lowest BCUT2D eigenvalue weighted by molar-refractivity contribution is -0.151. The Labute approximate surface area is 409 Å². The summed E-state index contributed by atoms with van der Waals surface area (Å²) in [5.41, 5.74) is 0. The van der Waals surface area contributed by atoms with E-state index in [2.05, 4.69) is 92.9 Å². The second-order valence-corrected chi connectivity index (χ2v) is 19.1. The maximum absolute atomic E-state index is 13.2. The van der Waals surface area contributed by atoms with E-state index in [0.29, 0.717) is 19.3 Å². The molecule has 3 atom stereocenters. The fourth-order valence-electron chi connectivity index (χ4n) is 8.32. The molecule has 6 heteroatoms. The second kappa shape index (κ2) is 53.3. The van der Waals surface area contributed by atoms with Crippen molar-refractivity contribution >= 4 is 11.9 Å². The number of allylic oxidation sites excluding steroid dienone is 12. The quantitative estimate of drug-likeness (QED) is 0.0321. The van der Waals surface area contributed by atoms with E-state index in [-0.39, 0.29) is 24.9 Å². The number of hydrogen-bond acceptors (Lipinski definition) is 5. The van der Waals surface area contributed by atoms with E-state index in [4.69, 9.17) is 4.74 Å². The first-order valence-corrected chi connectivity index (χ1v) is 28.2. The number of aliphatic hydroxyl groups excluding tert-OH is 2. The fourth-order valence-corrected chi connectivity index (χ4v) is 8.32. The molecule has 66 heavy (non-hydrogen) atoms. The van der Waals surface area contributed by atoms with Gasteiger partial charge in [0.15, 0.2) is 0 Å². The van der Waals surface area contributed by atoms with Gasteiger partial charge < -0.3 is 20.3 Å². The summed E-state index contributed by atoms with van der Waals surface area (Å²) in [4.78, 5) is 26.2. The summed E-state index contributed by atoms with van der Waals surface area (Å²) in [5.74, 6) is -0.527. The van der Waals surface area contributed by atoms with Gasteiger partial charge in [0.2, 0.25) is 5.91 Å². The molecule has 3 N–H and O–H groups in total. The molecule has 0 rings (SSSR count). The topological polar surface area (TPSA) is 95.9 Å². The molecule has 1 amide bonds. The normalized spacial score (nSPS) is 13.7. The van der Waals surface area contributed by atoms with Crippen LogP contribution in [0.2, 0.25) is 0 Å². The largest absolute Gasteiger partial charge is 0.462 e. The third-order valence-corrected chi connectivity index (χ3v) is 12.6. The molecule has 6 nitrogen and oxygen atoms in total. The Bertz CT molecular complexity index is 1220. The third kappa shape index (κ3) is 47.8. The summed E-state index contributed by atoms with van der Waals surface area (Å²) in [6.07, 6.45) is 68.1. The minimum atomic E-state index is -0.805. The molecule has 0 aliphatic carbocycles. The van der Waals surface area contributed by atoms with E-state index in [9.17, 15) is 19.8 Å². The van der Waals surface area contributed by atoms with Crippen LogP contribution in [0.5, 0.6) is 0 Å². The van der Waals surface area contributed by atoms with E-state index in [1.54, 1.807) is 0 Å². The van der Waals surface area contributed by atoms with Crippen LogP contribution in [0.1, 0.15) is 271 Å². The fraction of sp³-hybridized carbons (Fsp3) is 0.767. The lowest BCUT2D eigenvalue weighted by atomic mass is 10.0. The molecular weight excluding hydrogens is 815 g/mol. The van der Waals surface area contributed by atoms with Crippen molar-refractivity contribution in [2.24, 2.45) is 0 Å². The predicted molar refractivity (Wildman–Crippen MR) is 287 cm³/mol. The molecule has 0 aromatic heterocycles. The highest BCUT2D eigenvalue weighted by atomic mass is 16.5. The van der Waals surface area contributed by atoms with Gasteiger partial charge in [-0.25, -0.2) is 0 Å². The van der Waals surface area contributed by atoms with Crippen LogP contribution in [-0.2, 0) is 14.3 Å². The monoisotopic (exact) mass is 922 g/mol. The SMILES string of the molecule is CCCCC/C=C/C=C/C=C/C=C/CCCCCC(CC(=O)NC(CO)C(O)CCCCCCCCCCCCCCC)OC(=O)CCCCCCC/C=C/C=C/CCCCCCCCC. The second-order valence-electron chi connectivity index (χ2n) is 19.1. The molecule has 0 bridgehead atoms. The number of carbonyl (C=O) groups is 2. The average Bonchev–Trinajstić information content (AvgIpc) is 3.31. The van der Waals surface area contributed by atoms with Crippen molar-refractivity contribution in [1.82, 2.24) is 5.32 Å². The molecule has 0 saturated carbocycles. The van der Waals surface area contributed by atoms with Gasteiger partial charge in [-0.3, -0.25) is 9.59 Å². The van der Waals surface area contributed by atoms with E-state index in [0.717, 1.165) is 89.9 Å². The molecule has 0 fully saturated rings. The van der Waals surface area contributed by atoms with Crippen molar-refractivity contribution in [3.63, 3.8) is 0 Å². The Kier molecular flexibility index (Phi) is 51.1. The van der Waals surface area contributed by atoms with Crippen LogP contribution in [0, 0.1) is 0 Å². The number of unbranched alkanes of at least 4 members (excludes halogenated alkanes) is 30. The van der Waals surface area contributed by atoms with Crippen LogP contribution in [-0.4, -0.2) is 46.9 Å². The van der Waals surface area contributed by atoms with E-state index < -0.39 is 18.2 Å². The summed E-state index contributed by atoms with van der Waals surface area (Å²) in [6.45, 7) is 6.44. The molecule has 0 aromatic carbocycles. The molecule has 0 spiro atoms. The lowest BCUT2D eigenvalue weighted by Crippen LogP contribution is -2.46. The maximum atomic E-state index is 13.2. The average molecular weight is 923 g/mol. The molecule has 382 valence electrons. The maximum Gasteiger partial charge on any atom is 0.306 e. The zero-order valence-corrected chi connectivity index (χ0v) is 43.6. The Hall–Kier alpha value is -2.70. The molecule has 0 aliphatic heterocycles. The van der Waals surface area contributed by atoms with Crippen molar-refractivity contribution in [3.05, 3.63) is 72.9 Å². The predicted octanol–water partition coefficient (Wildman–Crippen LogP) is 17.3. The van der Waals surface area contributed by atoms with Crippen molar-refractivity contribution in [2.75, 3.05) is 6.61 Å². The molecule has 0 radical (unpaired) electrons. The first kappa shape index (κ1) is 63.3. The van der Waals surface area contributed by atoms with Crippen molar-refractivity contribution in [3.8, 4) is 0 Å². The molecular formula is C60H107NO5. The van der Waals surface area contributed by atoms with Gasteiger partial charge in [0.25, 0.3) is 0 Å². The highest BCUT2D eigenvalue weighted by Gasteiger charge is 2.24. The van der Waals surface area contributed by atoms with E-state index in [1.165, 1.54) is 135 Å². The van der Waals surface area contributed by atoms with Gasteiger partial charge in [-0.2, -0.15) is 0 Å². The van der Waals surface area contributed by atoms with Crippen molar-refractivity contribution in [2.45, 2.75) is 289 Å². The first-order chi connectivity index (χ1) is 32.5. The molecule has 0 aromatic rings. The molecule has 0 aliphatic rings. The number of hydrogen-bond donors (Lipinski definition) is 3. The number of carbonyl (C=O) groups excluding carboxylic acids is 2. The Balaban J connectivity index is 4.68. The third-order valence-electron chi connectivity index (χ3n) is 12.6. The van der Waals surface area contributed by atoms with Crippen LogP contribution in [0.15, 0.2) is 72.9 Å². The Morgan fingerprint density at radius 3 is 1.23 bits per heavy atom. The summed E-state index contributed by atoms with van der Waals surface area (Å²) in [7, 11) is 0. The summed E-state index contributed by atoms with van der Waals surface area (Å²) < 4.78 is 5.93. The number of rotatable bonds is 50. The van der Waals surface area contributed by atoms with Crippen molar-refractivity contribution < 1.29 is 24.5 Å². The zero-order chi connectivity index (χ0) is 48.1. The standard InChI is InChI=1S/C60H107NO5/c1-4-7-10-13-16-19-22-25-27-29-30-32-35-38-41-44-47-50-53-60(65)66-56(51-48-45-42-39-36-34-31-28-26-23-20-17-14-11-8-5-2)54-59(64)61-57(55-62)58(63)52-49-46-43-40-37-33-24-21-18-15-12-9-6-3/h17,20,23,26-32,34,36,56-58,62-63H,4-16,18-19,21-22,24-25,33,35,37-55H2,1-3H3,(H,61,64)/b20-17+,26-23+,29-27+,31-28+,32-30+,36-34+. The van der Waals surface area contributed by atoms with Gasteiger partial charge in [0, 0.05) is 6.42 Å². The smallest absolute Gasteiger partial charge is 0.306 e. The first-order valence-electron chi connectivity index (χ1n) is 28.2. The number of amides is 1. The number of ether oxygens (including phenoxy) is 1. The number of nitrogens with one attached hydrogen (secondary N) is 1. The van der Waals surface area contributed by atoms with Crippen LogP contribution >= 0.6 is 0 Å². The number of esters is 1. The van der Waals surface area contributed by atoms with Gasteiger partial charge in [0.05, 0.1) is 25.2 Å². The summed E-state index contributed by atoms with van der Waals surface area (Å²) >= 11 is 0. The van der Waals surface area contributed by atoms with Crippen LogP contribution in [0.4, 0.5) is 0 Å². The molecule has 3 unspecified atom stereocenters. The van der Waals surface area contributed by atoms with Crippen LogP contribution in [0.25, 0.3) is 0 Å². The van der Waals surface area contributed by atoms with Crippen molar-refractivity contribution in [1.29, 1.82) is 0 Å². The Morgan fingerprint density at radius 1 is 0.439 bits per heavy atom. The van der Waals surface area contributed by atoms with Gasteiger partial charge in [-0.05, 0) is 77.0 Å². The van der Waals surface area contributed by atoms with Crippen LogP contribution in [0.3, 0.4) is 0 Å². The summed E-state index contributed by atoms with van der Waals surface area (Å²) in [5, 5.41) is 23.8. The highest BCUT2D eigenvalue weighted by molar-refractivity contribution is 5.77.